The predicted octanol–water partition coefficient (Wildman–Crippen LogP) is 1.34. The molecule has 1 aliphatic rings. The molecular weight excluding hydrogens is 218 g/mol. The Balaban J connectivity index is 2.00. The first kappa shape index (κ1) is 11.9. The summed E-state index contributed by atoms with van der Waals surface area (Å²) in [6.45, 7) is 4.34. The van der Waals surface area contributed by atoms with E-state index in [1.54, 1.807) is 12.3 Å². The van der Waals surface area contributed by atoms with E-state index in [-0.39, 0.29) is 17.9 Å². The van der Waals surface area contributed by atoms with Crippen molar-refractivity contribution in [3.8, 4) is 0 Å². The molecule has 0 aliphatic carbocycles. The van der Waals surface area contributed by atoms with Crippen molar-refractivity contribution < 1.29 is 9.53 Å². The van der Waals surface area contributed by atoms with Gasteiger partial charge in [-0.3, -0.25) is 4.79 Å². The van der Waals surface area contributed by atoms with Crippen LogP contribution in [-0.4, -0.2) is 23.6 Å². The minimum atomic E-state index is -0.0790. The minimum absolute atomic E-state index is 0.0361. The normalized spacial score (nSPS) is 23.6. The first-order valence-electron chi connectivity index (χ1n) is 5.71. The highest BCUT2D eigenvalue weighted by molar-refractivity contribution is 5.92. The fourth-order valence-electron chi connectivity index (χ4n) is 1.86. The number of aromatic nitrogens is 1. The maximum Gasteiger partial charge on any atom is 0.231 e. The zero-order chi connectivity index (χ0) is 12.4. The molecule has 17 heavy (non-hydrogen) atoms. The number of carbonyl (C=O) groups excluding carboxylic acids is 1. The zero-order valence-electron chi connectivity index (χ0n) is 10.1. The van der Waals surface area contributed by atoms with Gasteiger partial charge in [-0.1, -0.05) is 0 Å². The summed E-state index contributed by atoms with van der Waals surface area (Å²) in [6, 6.07) is 1.77. The number of ether oxygens (including phenoxy) is 1. The molecule has 0 bridgehead atoms. The van der Waals surface area contributed by atoms with Crippen LogP contribution in [0.3, 0.4) is 0 Å². The van der Waals surface area contributed by atoms with Crippen LogP contribution in [-0.2, 0) is 9.53 Å². The SMILES string of the molecule is Cc1cc(NC(=O)C2COC(C)C2)ncc1N. The number of anilines is 2. The Bertz CT molecular complexity index is 434. The molecule has 1 aromatic heterocycles. The number of carbonyl (C=O) groups is 1. The second-order valence-electron chi connectivity index (χ2n) is 4.49. The lowest BCUT2D eigenvalue weighted by Gasteiger charge is -2.09. The summed E-state index contributed by atoms with van der Waals surface area (Å²) in [5.74, 6) is 0.428. The number of rotatable bonds is 2. The number of hydrogen-bond acceptors (Lipinski definition) is 4. The monoisotopic (exact) mass is 235 g/mol. The van der Waals surface area contributed by atoms with Crippen LogP contribution < -0.4 is 11.1 Å². The van der Waals surface area contributed by atoms with Gasteiger partial charge in [0.25, 0.3) is 0 Å². The van der Waals surface area contributed by atoms with Crippen LogP contribution in [0.5, 0.6) is 0 Å². The molecule has 1 saturated heterocycles. The summed E-state index contributed by atoms with van der Waals surface area (Å²) >= 11 is 0. The van der Waals surface area contributed by atoms with E-state index in [1.165, 1.54) is 0 Å². The first-order chi connectivity index (χ1) is 8.06. The quantitative estimate of drug-likeness (QED) is 0.810. The Labute approximate surface area is 100 Å². The first-order valence-corrected chi connectivity index (χ1v) is 5.71. The third kappa shape index (κ3) is 2.74. The molecule has 1 aromatic rings. The molecule has 2 rings (SSSR count). The molecule has 1 amide bonds. The molecule has 2 heterocycles. The standard InChI is InChI=1S/C12H17N3O2/c1-7-3-11(14-5-10(7)13)15-12(16)9-4-8(2)17-6-9/h3,5,8-9H,4,6,13H2,1-2H3,(H,14,15,16). The van der Waals surface area contributed by atoms with Gasteiger partial charge in [0, 0.05) is 0 Å². The summed E-state index contributed by atoms with van der Waals surface area (Å²) in [7, 11) is 0. The van der Waals surface area contributed by atoms with Crippen molar-refractivity contribution in [1.29, 1.82) is 0 Å². The molecular formula is C12H17N3O2. The lowest BCUT2D eigenvalue weighted by molar-refractivity contribution is -0.119. The molecule has 2 unspecified atom stereocenters. The van der Waals surface area contributed by atoms with Gasteiger partial charge in [-0.2, -0.15) is 0 Å². The van der Waals surface area contributed by atoms with E-state index < -0.39 is 0 Å². The highest BCUT2D eigenvalue weighted by atomic mass is 16.5. The van der Waals surface area contributed by atoms with Crippen molar-refractivity contribution in [3.63, 3.8) is 0 Å². The third-order valence-electron chi connectivity index (χ3n) is 2.97. The molecule has 0 radical (unpaired) electrons. The Morgan fingerprint density at radius 1 is 1.65 bits per heavy atom. The van der Waals surface area contributed by atoms with Crippen LogP contribution in [0.4, 0.5) is 11.5 Å². The smallest absolute Gasteiger partial charge is 0.231 e. The fraction of sp³-hybridized carbons (Fsp3) is 0.500. The number of aryl methyl sites for hydroxylation is 1. The molecule has 1 fully saturated rings. The van der Waals surface area contributed by atoms with Gasteiger partial charge in [-0.05, 0) is 31.9 Å². The van der Waals surface area contributed by atoms with Gasteiger partial charge in [0.15, 0.2) is 0 Å². The number of nitrogens with zero attached hydrogens (tertiary/aromatic N) is 1. The van der Waals surface area contributed by atoms with Crippen molar-refractivity contribution in [2.24, 2.45) is 5.92 Å². The summed E-state index contributed by atoms with van der Waals surface area (Å²) in [5.41, 5.74) is 7.20. The topological polar surface area (TPSA) is 77.2 Å². The summed E-state index contributed by atoms with van der Waals surface area (Å²) in [6.07, 6.45) is 2.48. The molecule has 1 aliphatic heterocycles. The van der Waals surface area contributed by atoms with Crippen molar-refractivity contribution in [1.82, 2.24) is 4.98 Å². The van der Waals surface area contributed by atoms with E-state index >= 15 is 0 Å². The Morgan fingerprint density at radius 2 is 2.41 bits per heavy atom. The van der Waals surface area contributed by atoms with Gasteiger partial charge in [0.1, 0.15) is 5.82 Å². The Kier molecular flexibility index (Phi) is 3.28. The average Bonchev–Trinajstić information content (AvgIpc) is 2.70. The highest BCUT2D eigenvalue weighted by Crippen LogP contribution is 2.21. The largest absolute Gasteiger partial charge is 0.397 e. The lowest BCUT2D eigenvalue weighted by Crippen LogP contribution is -2.23. The molecule has 0 saturated carbocycles. The third-order valence-corrected chi connectivity index (χ3v) is 2.97. The van der Waals surface area contributed by atoms with Crippen LogP contribution in [0.2, 0.25) is 0 Å². The summed E-state index contributed by atoms with van der Waals surface area (Å²) in [5, 5.41) is 2.79. The summed E-state index contributed by atoms with van der Waals surface area (Å²) < 4.78 is 5.37. The predicted molar refractivity (Wildman–Crippen MR) is 65.5 cm³/mol. The van der Waals surface area contributed by atoms with Gasteiger partial charge < -0.3 is 15.8 Å². The number of nitrogens with one attached hydrogen (secondary N) is 1. The Morgan fingerprint density at radius 3 is 3.00 bits per heavy atom. The fourth-order valence-corrected chi connectivity index (χ4v) is 1.86. The van der Waals surface area contributed by atoms with E-state index in [0.29, 0.717) is 18.1 Å². The number of nitrogen functional groups attached to an aromatic ring is 1. The van der Waals surface area contributed by atoms with E-state index in [4.69, 9.17) is 10.5 Å². The molecule has 2 atom stereocenters. The molecule has 3 N–H and O–H groups in total. The zero-order valence-corrected chi connectivity index (χ0v) is 10.1. The average molecular weight is 235 g/mol. The van der Waals surface area contributed by atoms with E-state index in [9.17, 15) is 4.79 Å². The van der Waals surface area contributed by atoms with Crippen LogP contribution in [0.25, 0.3) is 0 Å². The second kappa shape index (κ2) is 4.71. The van der Waals surface area contributed by atoms with Crippen molar-refractivity contribution >= 4 is 17.4 Å². The summed E-state index contributed by atoms with van der Waals surface area (Å²) in [4.78, 5) is 16.0. The number of pyridine rings is 1. The van der Waals surface area contributed by atoms with Gasteiger partial charge >= 0.3 is 0 Å². The van der Waals surface area contributed by atoms with Gasteiger partial charge in [-0.25, -0.2) is 4.98 Å². The maximum atomic E-state index is 11.9. The molecule has 92 valence electrons. The van der Waals surface area contributed by atoms with Crippen LogP contribution in [0.1, 0.15) is 18.9 Å². The van der Waals surface area contributed by atoms with Crippen LogP contribution in [0, 0.1) is 12.8 Å². The number of hydrogen-bond donors (Lipinski definition) is 2. The van der Waals surface area contributed by atoms with E-state index in [0.717, 1.165) is 12.0 Å². The second-order valence-corrected chi connectivity index (χ2v) is 4.49. The van der Waals surface area contributed by atoms with Gasteiger partial charge in [0.05, 0.1) is 30.5 Å². The highest BCUT2D eigenvalue weighted by Gasteiger charge is 2.28. The van der Waals surface area contributed by atoms with E-state index in [2.05, 4.69) is 10.3 Å². The van der Waals surface area contributed by atoms with Crippen molar-refractivity contribution in [3.05, 3.63) is 17.8 Å². The molecule has 5 nitrogen and oxygen atoms in total. The van der Waals surface area contributed by atoms with Crippen molar-refractivity contribution in [2.75, 3.05) is 17.7 Å². The van der Waals surface area contributed by atoms with Gasteiger partial charge in [-0.15, -0.1) is 0 Å². The molecule has 5 heteroatoms. The van der Waals surface area contributed by atoms with Crippen molar-refractivity contribution in [2.45, 2.75) is 26.4 Å². The molecule has 0 spiro atoms. The molecule has 0 aromatic carbocycles. The maximum absolute atomic E-state index is 11.9. The van der Waals surface area contributed by atoms with Crippen LogP contribution in [0.15, 0.2) is 12.3 Å². The number of amides is 1. The van der Waals surface area contributed by atoms with Gasteiger partial charge in [0.2, 0.25) is 5.91 Å². The Hall–Kier alpha value is -1.62. The lowest BCUT2D eigenvalue weighted by atomic mass is 10.1. The minimum Gasteiger partial charge on any atom is -0.397 e. The number of nitrogens with two attached hydrogens (primary N) is 1. The van der Waals surface area contributed by atoms with Crippen LogP contribution >= 0.6 is 0 Å². The van der Waals surface area contributed by atoms with E-state index in [1.807, 2.05) is 13.8 Å².